The number of nitrogens with one attached hydrogen (secondary N) is 1. The largest absolute Gasteiger partial charge is 0.343 e. The predicted octanol–water partition coefficient (Wildman–Crippen LogP) is 3.47. The molecule has 0 atom stereocenters. The third-order valence-electron chi connectivity index (χ3n) is 4.59. The van der Waals surface area contributed by atoms with E-state index in [0.717, 1.165) is 22.8 Å². The first kappa shape index (κ1) is 19.7. The molecular weight excluding hydrogens is 328 g/mol. The summed E-state index contributed by atoms with van der Waals surface area (Å²) in [7, 11) is 0. The Balaban J connectivity index is 1.84. The third kappa shape index (κ3) is 4.94. The van der Waals surface area contributed by atoms with Gasteiger partial charge in [0.15, 0.2) is 0 Å². The van der Waals surface area contributed by atoms with E-state index in [1.165, 1.54) is 0 Å². The van der Waals surface area contributed by atoms with Crippen molar-refractivity contribution in [3.63, 3.8) is 0 Å². The molecular formula is C20H28N4O2. The van der Waals surface area contributed by atoms with Crippen molar-refractivity contribution >= 4 is 17.5 Å². The van der Waals surface area contributed by atoms with Crippen molar-refractivity contribution in [2.45, 2.75) is 47.0 Å². The van der Waals surface area contributed by atoms with Gasteiger partial charge in [0, 0.05) is 43.0 Å². The van der Waals surface area contributed by atoms with Crippen molar-refractivity contribution in [1.82, 2.24) is 14.5 Å². The van der Waals surface area contributed by atoms with Crippen LogP contribution in [0.3, 0.4) is 0 Å². The average Bonchev–Trinajstić information content (AvgIpc) is 2.96. The zero-order chi connectivity index (χ0) is 19.1. The molecule has 0 saturated heterocycles. The highest BCUT2D eigenvalue weighted by Crippen LogP contribution is 2.17. The molecule has 0 aliphatic rings. The Kier molecular flexibility index (Phi) is 6.95. The van der Waals surface area contributed by atoms with E-state index in [0.29, 0.717) is 32.4 Å². The van der Waals surface area contributed by atoms with E-state index in [1.807, 2.05) is 56.5 Å². The van der Waals surface area contributed by atoms with E-state index in [9.17, 15) is 9.59 Å². The zero-order valence-electron chi connectivity index (χ0n) is 16.1. The second-order valence-corrected chi connectivity index (χ2v) is 6.30. The number of nitrogens with zero attached hydrogens (tertiary/aromatic N) is 3. The molecule has 0 bridgehead atoms. The third-order valence-corrected chi connectivity index (χ3v) is 4.59. The van der Waals surface area contributed by atoms with Gasteiger partial charge in [-0.25, -0.2) is 4.98 Å². The monoisotopic (exact) mass is 356 g/mol. The summed E-state index contributed by atoms with van der Waals surface area (Å²) < 4.78 is 2.01. The molecule has 6 heteroatoms. The van der Waals surface area contributed by atoms with Gasteiger partial charge in [-0.2, -0.15) is 0 Å². The molecule has 0 aliphatic heterocycles. The quantitative estimate of drug-likeness (QED) is 0.787. The van der Waals surface area contributed by atoms with Crippen molar-refractivity contribution in [2.24, 2.45) is 0 Å². The number of hydrogen-bond donors (Lipinski definition) is 1. The number of aromatic nitrogens is 2. The van der Waals surface area contributed by atoms with Gasteiger partial charge in [-0.3, -0.25) is 9.59 Å². The Labute approximate surface area is 155 Å². The SMILES string of the molecule is CCN(CC)C(=O)CCCC(=O)Nc1ccc(-n2cnc(C)c2C)cc1. The number of amides is 2. The molecule has 2 rings (SSSR count). The number of imidazole rings is 1. The molecule has 0 spiro atoms. The minimum atomic E-state index is -0.0697. The molecule has 6 nitrogen and oxygen atoms in total. The lowest BCUT2D eigenvalue weighted by molar-refractivity contribution is -0.130. The summed E-state index contributed by atoms with van der Waals surface area (Å²) in [6.45, 7) is 9.35. The number of anilines is 1. The van der Waals surface area contributed by atoms with Crippen LogP contribution in [0.15, 0.2) is 30.6 Å². The van der Waals surface area contributed by atoms with E-state index in [-0.39, 0.29) is 11.8 Å². The van der Waals surface area contributed by atoms with Gasteiger partial charge in [0.25, 0.3) is 0 Å². The Morgan fingerprint density at radius 2 is 1.73 bits per heavy atom. The summed E-state index contributed by atoms with van der Waals surface area (Å²) in [5.74, 6) is 0.0397. The van der Waals surface area contributed by atoms with Crippen molar-refractivity contribution in [3.05, 3.63) is 42.0 Å². The number of carbonyl (C=O) groups excluding carboxylic acids is 2. The first-order chi connectivity index (χ1) is 12.5. The molecule has 2 aromatic rings. The van der Waals surface area contributed by atoms with Crippen molar-refractivity contribution in [2.75, 3.05) is 18.4 Å². The predicted molar refractivity (Wildman–Crippen MR) is 103 cm³/mol. The number of carbonyl (C=O) groups is 2. The minimum Gasteiger partial charge on any atom is -0.343 e. The molecule has 2 amide bonds. The number of hydrogen-bond acceptors (Lipinski definition) is 3. The van der Waals surface area contributed by atoms with Gasteiger partial charge in [0.2, 0.25) is 11.8 Å². The van der Waals surface area contributed by atoms with Gasteiger partial charge in [0.05, 0.1) is 12.0 Å². The Bertz CT molecular complexity index is 746. The average molecular weight is 356 g/mol. The fourth-order valence-electron chi connectivity index (χ4n) is 2.82. The van der Waals surface area contributed by atoms with Crippen LogP contribution in [0, 0.1) is 13.8 Å². The normalized spacial score (nSPS) is 10.6. The van der Waals surface area contributed by atoms with E-state index in [4.69, 9.17) is 0 Å². The highest BCUT2D eigenvalue weighted by Gasteiger charge is 2.11. The molecule has 1 heterocycles. The van der Waals surface area contributed by atoms with Crippen LogP contribution in [0.1, 0.15) is 44.5 Å². The summed E-state index contributed by atoms with van der Waals surface area (Å²) in [6.07, 6.45) is 3.11. The first-order valence-corrected chi connectivity index (χ1v) is 9.14. The summed E-state index contributed by atoms with van der Waals surface area (Å²) in [6, 6.07) is 7.66. The number of rotatable bonds is 8. The van der Waals surface area contributed by atoms with Gasteiger partial charge >= 0.3 is 0 Å². The maximum atomic E-state index is 12.1. The van der Waals surface area contributed by atoms with Crippen LogP contribution in [0.4, 0.5) is 5.69 Å². The zero-order valence-corrected chi connectivity index (χ0v) is 16.1. The molecule has 1 aromatic carbocycles. The van der Waals surface area contributed by atoms with Gasteiger partial charge in [0.1, 0.15) is 0 Å². The summed E-state index contributed by atoms with van der Waals surface area (Å²) in [4.78, 5) is 30.1. The maximum absolute atomic E-state index is 12.1. The molecule has 0 radical (unpaired) electrons. The molecule has 26 heavy (non-hydrogen) atoms. The van der Waals surface area contributed by atoms with Crippen LogP contribution in [0.5, 0.6) is 0 Å². The van der Waals surface area contributed by atoms with E-state index >= 15 is 0 Å². The van der Waals surface area contributed by atoms with Crippen LogP contribution in [-0.2, 0) is 9.59 Å². The number of aryl methyl sites for hydroxylation is 1. The van der Waals surface area contributed by atoms with Gasteiger partial charge in [-0.05, 0) is 58.4 Å². The van der Waals surface area contributed by atoms with Crippen LogP contribution in [0.25, 0.3) is 5.69 Å². The lowest BCUT2D eigenvalue weighted by atomic mass is 10.2. The van der Waals surface area contributed by atoms with E-state index in [1.54, 1.807) is 11.2 Å². The number of benzene rings is 1. The van der Waals surface area contributed by atoms with Gasteiger partial charge in [-0.15, -0.1) is 0 Å². The van der Waals surface area contributed by atoms with Crippen LogP contribution in [0.2, 0.25) is 0 Å². The standard InChI is InChI=1S/C20H28N4O2/c1-5-23(6-2)20(26)9-7-8-19(25)22-17-10-12-18(13-11-17)24-14-21-15(3)16(24)4/h10-14H,5-9H2,1-4H3,(H,22,25). The highest BCUT2D eigenvalue weighted by molar-refractivity contribution is 5.91. The van der Waals surface area contributed by atoms with Crippen molar-refractivity contribution in [3.8, 4) is 5.69 Å². The van der Waals surface area contributed by atoms with Crippen LogP contribution < -0.4 is 5.32 Å². The van der Waals surface area contributed by atoms with E-state index in [2.05, 4.69) is 10.3 Å². The molecule has 1 aromatic heterocycles. The molecule has 1 N–H and O–H groups in total. The molecule has 0 aliphatic carbocycles. The highest BCUT2D eigenvalue weighted by atomic mass is 16.2. The minimum absolute atomic E-state index is 0.0697. The Hall–Kier alpha value is -2.63. The molecule has 0 fully saturated rings. The maximum Gasteiger partial charge on any atom is 0.224 e. The lowest BCUT2D eigenvalue weighted by Crippen LogP contribution is -2.30. The van der Waals surface area contributed by atoms with Crippen LogP contribution >= 0.6 is 0 Å². The van der Waals surface area contributed by atoms with Crippen LogP contribution in [-0.4, -0.2) is 39.4 Å². The second-order valence-electron chi connectivity index (χ2n) is 6.30. The summed E-state index contributed by atoms with van der Waals surface area (Å²) in [5, 5.41) is 2.88. The summed E-state index contributed by atoms with van der Waals surface area (Å²) in [5.41, 5.74) is 3.86. The summed E-state index contributed by atoms with van der Waals surface area (Å²) >= 11 is 0. The van der Waals surface area contributed by atoms with Crippen molar-refractivity contribution in [1.29, 1.82) is 0 Å². The fraction of sp³-hybridized carbons (Fsp3) is 0.450. The molecule has 140 valence electrons. The van der Waals surface area contributed by atoms with Gasteiger partial charge < -0.3 is 14.8 Å². The Morgan fingerprint density at radius 3 is 2.27 bits per heavy atom. The lowest BCUT2D eigenvalue weighted by Gasteiger charge is -2.18. The Morgan fingerprint density at radius 1 is 1.08 bits per heavy atom. The topological polar surface area (TPSA) is 67.2 Å². The molecule has 0 unspecified atom stereocenters. The van der Waals surface area contributed by atoms with E-state index < -0.39 is 0 Å². The first-order valence-electron chi connectivity index (χ1n) is 9.14. The fourth-order valence-corrected chi connectivity index (χ4v) is 2.82. The second kappa shape index (κ2) is 9.17. The van der Waals surface area contributed by atoms with Gasteiger partial charge in [-0.1, -0.05) is 0 Å². The van der Waals surface area contributed by atoms with Crippen molar-refractivity contribution < 1.29 is 9.59 Å². The molecule has 0 saturated carbocycles. The smallest absolute Gasteiger partial charge is 0.224 e.